The van der Waals surface area contributed by atoms with E-state index < -0.39 is 17.8 Å². The number of hydrogen-bond acceptors (Lipinski definition) is 2. The minimum absolute atomic E-state index is 0.115. The normalized spacial score (nSPS) is 11.2. The number of anilines is 2. The Labute approximate surface area is 109 Å². The molecule has 19 heavy (non-hydrogen) atoms. The molecule has 0 saturated heterocycles. The molecule has 1 aromatic rings. The highest BCUT2D eigenvalue weighted by atomic mass is 19.4. The van der Waals surface area contributed by atoms with E-state index in [1.54, 1.807) is 13.8 Å². The number of nitrogens with zero attached hydrogens (tertiary/aromatic N) is 1. The van der Waals surface area contributed by atoms with Crippen molar-refractivity contribution < 1.29 is 18.0 Å². The van der Waals surface area contributed by atoms with Crippen molar-refractivity contribution in [1.82, 2.24) is 4.90 Å². The minimum Gasteiger partial charge on any atom is -0.397 e. The zero-order chi connectivity index (χ0) is 14.6. The quantitative estimate of drug-likeness (QED) is 0.832. The lowest BCUT2D eigenvalue weighted by molar-refractivity contribution is -0.137. The molecule has 0 unspecified atom stereocenters. The maximum atomic E-state index is 12.4. The molecular formula is C12H16F3N3O. The first-order valence-electron chi connectivity index (χ1n) is 5.82. The summed E-state index contributed by atoms with van der Waals surface area (Å²) in [7, 11) is 0. The maximum absolute atomic E-state index is 12.4. The fourth-order valence-corrected chi connectivity index (χ4v) is 1.56. The predicted molar refractivity (Wildman–Crippen MR) is 67.8 cm³/mol. The topological polar surface area (TPSA) is 58.4 Å². The molecule has 0 aromatic heterocycles. The van der Waals surface area contributed by atoms with E-state index in [4.69, 9.17) is 5.73 Å². The van der Waals surface area contributed by atoms with Crippen LogP contribution in [0.25, 0.3) is 0 Å². The number of nitrogen functional groups attached to an aromatic ring is 1. The standard InChI is InChI=1S/C12H16F3N3O/c1-3-18(4-2)11(19)17-10-6-5-8(7-9(10)16)12(13,14)15/h5-7H,3-4,16H2,1-2H3,(H,17,19). The third-order valence-electron chi connectivity index (χ3n) is 2.67. The SMILES string of the molecule is CCN(CC)C(=O)Nc1ccc(C(F)(F)F)cc1N. The van der Waals surface area contributed by atoms with Crippen molar-refractivity contribution in [2.75, 3.05) is 24.1 Å². The highest BCUT2D eigenvalue weighted by molar-refractivity contribution is 5.92. The van der Waals surface area contributed by atoms with Crippen LogP contribution in [-0.4, -0.2) is 24.0 Å². The number of amides is 2. The van der Waals surface area contributed by atoms with E-state index in [2.05, 4.69) is 5.32 Å². The van der Waals surface area contributed by atoms with Crippen LogP contribution in [0.1, 0.15) is 19.4 Å². The van der Waals surface area contributed by atoms with Gasteiger partial charge in [0.25, 0.3) is 0 Å². The van der Waals surface area contributed by atoms with Crippen LogP contribution < -0.4 is 11.1 Å². The molecule has 0 fully saturated rings. The number of nitrogens with one attached hydrogen (secondary N) is 1. The highest BCUT2D eigenvalue weighted by Crippen LogP contribution is 2.32. The Morgan fingerprint density at radius 2 is 1.89 bits per heavy atom. The van der Waals surface area contributed by atoms with Gasteiger partial charge < -0.3 is 16.0 Å². The van der Waals surface area contributed by atoms with Crippen molar-refractivity contribution in [3.63, 3.8) is 0 Å². The molecular weight excluding hydrogens is 259 g/mol. The Kier molecular flexibility index (Phi) is 4.63. The van der Waals surface area contributed by atoms with Crippen LogP contribution in [0.5, 0.6) is 0 Å². The van der Waals surface area contributed by atoms with Crippen molar-refractivity contribution in [2.45, 2.75) is 20.0 Å². The number of carbonyl (C=O) groups excluding carboxylic acids is 1. The van der Waals surface area contributed by atoms with Gasteiger partial charge in [0.15, 0.2) is 0 Å². The van der Waals surface area contributed by atoms with E-state index in [0.29, 0.717) is 13.1 Å². The molecule has 3 N–H and O–H groups in total. The molecule has 0 aliphatic carbocycles. The third-order valence-corrected chi connectivity index (χ3v) is 2.67. The largest absolute Gasteiger partial charge is 0.416 e. The molecule has 1 rings (SSSR count). The Bertz CT molecular complexity index is 456. The molecule has 0 radical (unpaired) electrons. The second kappa shape index (κ2) is 5.81. The van der Waals surface area contributed by atoms with Crippen LogP contribution in [0.2, 0.25) is 0 Å². The van der Waals surface area contributed by atoms with Gasteiger partial charge in [0.05, 0.1) is 16.9 Å². The molecule has 4 nitrogen and oxygen atoms in total. The number of urea groups is 1. The summed E-state index contributed by atoms with van der Waals surface area (Å²) in [5.41, 5.74) is 4.73. The van der Waals surface area contributed by atoms with E-state index in [-0.39, 0.29) is 11.4 Å². The maximum Gasteiger partial charge on any atom is 0.416 e. The number of nitrogens with two attached hydrogens (primary N) is 1. The first-order chi connectivity index (χ1) is 8.79. The second-order valence-electron chi connectivity index (χ2n) is 3.90. The minimum atomic E-state index is -4.45. The molecule has 2 amide bonds. The van der Waals surface area contributed by atoms with Gasteiger partial charge in [-0.15, -0.1) is 0 Å². The van der Waals surface area contributed by atoms with E-state index >= 15 is 0 Å². The van der Waals surface area contributed by atoms with Gasteiger partial charge in [-0.2, -0.15) is 13.2 Å². The Balaban J connectivity index is 2.89. The summed E-state index contributed by atoms with van der Waals surface area (Å²) < 4.78 is 37.3. The van der Waals surface area contributed by atoms with Crippen molar-refractivity contribution in [2.24, 2.45) is 0 Å². The molecule has 0 spiro atoms. The van der Waals surface area contributed by atoms with Gasteiger partial charge in [-0.05, 0) is 32.0 Å². The van der Waals surface area contributed by atoms with Crippen molar-refractivity contribution >= 4 is 17.4 Å². The summed E-state index contributed by atoms with van der Waals surface area (Å²) in [5, 5.41) is 2.49. The summed E-state index contributed by atoms with van der Waals surface area (Å²) in [6, 6.07) is 2.45. The summed E-state index contributed by atoms with van der Waals surface area (Å²) in [6.07, 6.45) is -4.45. The van der Waals surface area contributed by atoms with Gasteiger partial charge in [-0.25, -0.2) is 4.79 Å². The Hall–Kier alpha value is -1.92. The van der Waals surface area contributed by atoms with Gasteiger partial charge in [0, 0.05) is 13.1 Å². The van der Waals surface area contributed by atoms with E-state index in [0.717, 1.165) is 18.2 Å². The zero-order valence-corrected chi connectivity index (χ0v) is 10.7. The van der Waals surface area contributed by atoms with Gasteiger partial charge in [0.2, 0.25) is 0 Å². The Morgan fingerprint density at radius 3 is 2.32 bits per heavy atom. The highest BCUT2D eigenvalue weighted by Gasteiger charge is 2.30. The van der Waals surface area contributed by atoms with Crippen LogP contribution in [0, 0.1) is 0 Å². The summed E-state index contributed by atoms with van der Waals surface area (Å²) in [5.74, 6) is 0. The predicted octanol–water partition coefficient (Wildman–Crippen LogP) is 3.16. The number of halogens is 3. The van der Waals surface area contributed by atoms with Gasteiger partial charge in [0.1, 0.15) is 0 Å². The lowest BCUT2D eigenvalue weighted by Crippen LogP contribution is -2.34. The number of carbonyl (C=O) groups is 1. The fraction of sp³-hybridized carbons (Fsp3) is 0.417. The third kappa shape index (κ3) is 3.77. The molecule has 0 bridgehead atoms. The summed E-state index contributed by atoms with van der Waals surface area (Å²) in [4.78, 5) is 13.2. The average molecular weight is 275 g/mol. The van der Waals surface area contributed by atoms with Gasteiger partial charge >= 0.3 is 12.2 Å². The number of rotatable bonds is 3. The first-order valence-corrected chi connectivity index (χ1v) is 5.82. The lowest BCUT2D eigenvalue weighted by atomic mass is 10.1. The molecule has 7 heteroatoms. The molecule has 0 aliphatic rings. The zero-order valence-electron chi connectivity index (χ0n) is 10.7. The van der Waals surface area contributed by atoms with Crippen molar-refractivity contribution in [1.29, 1.82) is 0 Å². The molecule has 106 valence electrons. The summed E-state index contributed by atoms with van der Waals surface area (Å²) >= 11 is 0. The number of alkyl halides is 3. The van der Waals surface area contributed by atoms with Gasteiger partial charge in [-0.1, -0.05) is 0 Å². The molecule has 0 heterocycles. The van der Waals surface area contributed by atoms with E-state index in [1.807, 2.05) is 0 Å². The molecule has 1 aromatic carbocycles. The molecule has 0 saturated carbocycles. The van der Waals surface area contributed by atoms with E-state index in [9.17, 15) is 18.0 Å². The van der Waals surface area contributed by atoms with Crippen LogP contribution >= 0.6 is 0 Å². The average Bonchev–Trinajstić information content (AvgIpc) is 2.32. The van der Waals surface area contributed by atoms with Gasteiger partial charge in [-0.3, -0.25) is 0 Å². The molecule has 0 atom stereocenters. The molecule has 0 aliphatic heterocycles. The van der Waals surface area contributed by atoms with Crippen LogP contribution in [0.4, 0.5) is 29.3 Å². The summed E-state index contributed by atoms with van der Waals surface area (Å²) in [6.45, 7) is 4.62. The van der Waals surface area contributed by atoms with E-state index in [1.165, 1.54) is 4.90 Å². The second-order valence-corrected chi connectivity index (χ2v) is 3.90. The Morgan fingerprint density at radius 1 is 1.32 bits per heavy atom. The van der Waals surface area contributed by atoms with Crippen LogP contribution in [0.3, 0.4) is 0 Å². The fourth-order valence-electron chi connectivity index (χ4n) is 1.56. The van der Waals surface area contributed by atoms with Crippen molar-refractivity contribution in [3.8, 4) is 0 Å². The van der Waals surface area contributed by atoms with Crippen LogP contribution in [0.15, 0.2) is 18.2 Å². The first kappa shape index (κ1) is 15.1. The van der Waals surface area contributed by atoms with Crippen LogP contribution in [-0.2, 0) is 6.18 Å². The smallest absolute Gasteiger partial charge is 0.397 e. The van der Waals surface area contributed by atoms with Crippen molar-refractivity contribution in [3.05, 3.63) is 23.8 Å². The number of hydrogen-bond donors (Lipinski definition) is 2. The lowest BCUT2D eigenvalue weighted by Gasteiger charge is -2.20. The number of benzene rings is 1. The monoisotopic (exact) mass is 275 g/mol.